The van der Waals surface area contributed by atoms with E-state index in [0.29, 0.717) is 16.3 Å². The highest BCUT2D eigenvalue weighted by Gasteiger charge is 2.16. The van der Waals surface area contributed by atoms with Crippen molar-refractivity contribution in [3.05, 3.63) is 101 Å². The van der Waals surface area contributed by atoms with Crippen LogP contribution in [0.2, 0.25) is 5.02 Å². The van der Waals surface area contributed by atoms with Gasteiger partial charge in [-0.05, 0) is 42.3 Å². The van der Waals surface area contributed by atoms with Gasteiger partial charge >= 0.3 is 0 Å². The van der Waals surface area contributed by atoms with E-state index in [-0.39, 0.29) is 24.3 Å². The Labute approximate surface area is 169 Å². The summed E-state index contributed by atoms with van der Waals surface area (Å²) in [5.74, 6) is -0.309. The van der Waals surface area contributed by atoms with Gasteiger partial charge in [0.2, 0.25) is 5.91 Å². The van der Waals surface area contributed by atoms with Crippen molar-refractivity contribution in [2.45, 2.75) is 13.0 Å². The molecule has 0 heterocycles. The molecule has 0 saturated heterocycles. The Balaban J connectivity index is 1.74. The molecule has 0 fully saturated rings. The number of ketones is 1. The second-order valence-electron chi connectivity index (χ2n) is 6.43. The number of halogens is 1. The number of hydrogen-bond donors (Lipinski definition) is 2. The van der Waals surface area contributed by atoms with Gasteiger partial charge in [0.05, 0.1) is 18.3 Å². The first-order valence-electron chi connectivity index (χ1n) is 8.98. The lowest BCUT2D eigenvalue weighted by Crippen LogP contribution is -2.32. The van der Waals surface area contributed by atoms with Crippen molar-refractivity contribution in [1.29, 1.82) is 0 Å². The van der Waals surface area contributed by atoms with Gasteiger partial charge < -0.3 is 5.32 Å². The molecule has 0 aromatic heterocycles. The molecular weight excluding hydrogens is 372 g/mol. The number of carbonyl (C=O) groups is 2. The van der Waals surface area contributed by atoms with Crippen molar-refractivity contribution in [3.63, 3.8) is 0 Å². The molecule has 0 bridgehead atoms. The van der Waals surface area contributed by atoms with Crippen molar-refractivity contribution in [2.24, 2.45) is 0 Å². The topological polar surface area (TPSA) is 58.2 Å². The summed E-state index contributed by atoms with van der Waals surface area (Å²) in [4.78, 5) is 24.2. The van der Waals surface area contributed by atoms with Gasteiger partial charge in [-0.2, -0.15) is 0 Å². The van der Waals surface area contributed by atoms with E-state index >= 15 is 0 Å². The molecule has 0 aliphatic carbocycles. The molecule has 0 aliphatic heterocycles. The molecule has 1 amide bonds. The van der Waals surface area contributed by atoms with E-state index in [1.54, 1.807) is 24.3 Å². The third-order valence-electron chi connectivity index (χ3n) is 4.38. The Bertz CT molecular complexity index is 956. The quantitative estimate of drug-likeness (QED) is 0.564. The zero-order valence-corrected chi connectivity index (χ0v) is 16.2. The number of anilines is 1. The minimum absolute atomic E-state index is 0.0906. The van der Waals surface area contributed by atoms with Gasteiger partial charge in [0.15, 0.2) is 5.78 Å². The third kappa shape index (κ3) is 5.06. The van der Waals surface area contributed by atoms with Gasteiger partial charge in [0, 0.05) is 10.6 Å². The van der Waals surface area contributed by atoms with Crippen molar-refractivity contribution in [1.82, 2.24) is 5.32 Å². The van der Waals surface area contributed by atoms with Crippen LogP contribution in [0.4, 0.5) is 5.69 Å². The summed E-state index contributed by atoms with van der Waals surface area (Å²) in [7, 11) is 0. The SMILES string of the molecule is CC(=O)c1ccccc1NC(=O)CNC(c1ccccc1)c1ccc(Cl)cc1. The first kappa shape index (κ1) is 19.8. The van der Waals surface area contributed by atoms with E-state index in [1.165, 1.54) is 6.92 Å². The molecule has 3 aromatic rings. The first-order valence-corrected chi connectivity index (χ1v) is 9.36. The molecule has 0 saturated carbocycles. The van der Waals surface area contributed by atoms with Crippen LogP contribution in [0.1, 0.15) is 34.5 Å². The molecule has 4 nitrogen and oxygen atoms in total. The van der Waals surface area contributed by atoms with Gasteiger partial charge in [-0.1, -0.05) is 66.2 Å². The van der Waals surface area contributed by atoms with E-state index in [9.17, 15) is 9.59 Å². The minimum Gasteiger partial charge on any atom is -0.324 e. The number of Topliss-reactive ketones (excluding diaryl/α,β-unsaturated/α-hetero) is 1. The van der Waals surface area contributed by atoms with Gasteiger partial charge in [-0.25, -0.2) is 0 Å². The number of benzene rings is 3. The lowest BCUT2D eigenvalue weighted by atomic mass is 9.99. The number of hydrogen-bond acceptors (Lipinski definition) is 3. The maximum atomic E-state index is 12.5. The number of amides is 1. The van der Waals surface area contributed by atoms with E-state index < -0.39 is 0 Å². The van der Waals surface area contributed by atoms with Crippen LogP contribution in [-0.4, -0.2) is 18.2 Å². The largest absolute Gasteiger partial charge is 0.324 e. The summed E-state index contributed by atoms with van der Waals surface area (Å²) in [5, 5.41) is 6.78. The fourth-order valence-electron chi connectivity index (χ4n) is 3.02. The van der Waals surface area contributed by atoms with Crippen molar-refractivity contribution in [3.8, 4) is 0 Å². The zero-order chi connectivity index (χ0) is 19.9. The highest BCUT2D eigenvalue weighted by molar-refractivity contribution is 6.30. The van der Waals surface area contributed by atoms with Crippen LogP contribution in [0, 0.1) is 0 Å². The molecule has 3 aromatic carbocycles. The van der Waals surface area contributed by atoms with Crippen LogP contribution in [0.15, 0.2) is 78.9 Å². The molecule has 0 radical (unpaired) electrons. The van der Waals surface area contributed by atoms with Crippen LogP contribution in [0.5, 0.6) is 0 Å². The molecule has 142 valence electrons. The number of rotatable bonds is 7. The fraction of sp³-hybridized carbons (Fsp3) is 0.130. The lowest BCUT2D eigenvalue weighted by Gasteiger charge is -2.20. The highest BCUT2D eigenvalue weighted by Crippen LogP contribution is 2.23. The molecular formula is C23H21ClN2O2. The van der Waals surface area contributed by atoms with Crippen molar-refractivity contribution >= 4 is 29.0 Å². The Morgan fingerprint density at radius 3 is 2.14 bits per heavy atom. The molecule has 1 unspecified atom stereocenters. The number of para-hydroxylation sites is 1. The van der Waals surface area contributed by atoms with Crippen molar-refractivity contribution < 1.29 is 9.59 Å². The predicted molar refractivity (Wildman–Crippen MR) is 113 cm³/mol. The summed E-state index contributed by atoms with van der Waals surface area (Å²) in [6.45, 7) is 1.57. The summed E-state index contributed by atoms with van der Waals surface area (Å²) in [5.41, 5.74) is 3.06. The van der Waals surface area contributed by atoms with Crippen molar-refractivity contribution in [2.75, 3.05) is 11.9 Å². The van der Waals surface area contributed by atoms with E-state index in [2.05, 4.69) is 10.6 Å². The molecule has 0 aliphatic rings. The van der Waals surface area contributed by atoms with Gasteiger partial charge in [-0.15, -0.1) is 0 Å². The van der Waals surface area contributed by atoms with Gasteiger partial charge in [0.1, 0.15) is 0 Å². The summed E-state index contributed by atoms with van der Waals surface area (Å²) >= 11 is 6.01. The van der Waals surface area contributed by atoms with Gasteiger partial charge in [0.25, 0.3) is 0 Å². The standard InChI is InChI=1S/C23H21ClN2O2/c1-16(27)20-9-5-6-10-21(20)26-22(28)15-25-23(17-7-3-2-4-8-17)18-11-13-19(24)14-12-18/h2-14,23,25H,15H2,1H3,(H,26,28). The average Bonchev–Trinajstić information content (AvgIpc) is 2.70. The number of nitrogens with one attached hydrogen (secondary N) is 2. The number of carbonyl (C=O) groups excluding carboxylic acids is 2. The van der Waals surface area contributed by atoms with E-state index in [0.717, 1.165) is 11.1 Å². The van der Waals surface area contributed by atoms with Crippen LogP contribution < -0.4 is 10.6 Å². The van der Waals surface area contributed by atoms with E-state index in [1.807, 2.05) is 54.6 Å². The maximum absolute atomic E-state index is 12.5. The smallest absolute Gasteiger partial charge is 0.238 e. The summed E-state index contributed by atoms with van der Waals surface area (Å²) in [6, 6.07) is 24.3. The summed E-state index contributed by atoms with van der Waals surface area (Å²) in [6.07, 6.45) is 0. The first-order chi connectivity index (χ1) is 13.5. The second-order valence-corrected chi connectivity index (χ2v) is 6.86. The Kier molecular flexibility index (Phi) is 6.58. The van der Waals surface area contributed by atoms with Crippen LogP contribution in [0.25, 0.3) is 0 Å². The molecule has 5 heteroatoms. The second kappa shape index (κ2) is 9.31. The Morgan fingerprint density at radius 2 is 1.46 bits per heavy atom. The van der Waals surface area contributed by atoms with Crippen LogP contribution in [-0.2, 0) is 4.79 Å². The molecule has 28 heavy (non-hydrogen) atoms. The highest BCUT2D eigenvalue weighted by atomic mass is 35.5. The van der Waals surface area contributed by atoms with Crippen LogP contribution in [0.3, 0.4) is 0 Å². The molecule has 0 spiro atoms. The normalized spacial score (nSPS) is 11.6. The molecule has 3 rings (SSSR count). The monoisotopic (exact) mass is 392 g/mol. The third-order valence-corrected chi connectivity index (χ3v) is 4.64. The lowest BCUT2D eigenvalue weighted by molar-refractivity contribution is -0.115. The minimum atomic E-state index is -0.219. The van der Waals surface area contributed by atoms with Crippen LogP contribution >= 0.6 is 11.6 Å². The molecule has 2 N–H and O–H groups in total. The Hall–Kier alpha value is -2.95. The van der Waals surface area contributed by atoms with E-state index in [4.69, 9.17) is 11.6 Å². The summed E-state index contributed by atoms with van der Waals surface area (Å²) < 4.78 is 0. The fourth-order valence-corrected chi connectivity index (χ4v) is 3.14. The van der Waals surface area contributed by atoms with Gasteiger partial charge in [-0.3, -0.25) is 14.9 Å². The molecule has 1 atom stereocenters. The maximum Gasteiger partial charge on any atom is 0.238 e. The average molecular weight is 393 g/mol. The predicted octanol–water partition coefficient (Wildman–Crippen LogP) is 4.86. The Morgan fingerprint density at radius 1 is 0.857 bits per heavy atom. The zero-order valence-electron chi connectivity index (χ0n) is 15.5.